The van der Waals surface area contributed by atoms with Crippen molar-refractivity contribution in [3.63, 3.8) is 0 Å². The number of amides is 1. The van der Waals surface area contributed by atoms with Crippen LogP contribution in [0.5, 0.6) is 0 Å². The number of hydrogen-bond donors (Lipinski definition) is 1. The summed E-state index contributed by atoms with van der Waals surface area (Å²) in [5.41, 5.74) is 2.61. The number of piperazine rings is 1. The van der Waals surface area contributed by atoms with E-state index in [1.54, 1.807) is 23.5 Å². The van der Waals surface area contributed by atoms with Gasteiger partial charge in [-0.25, -0.2) is 8.42 Å². The van der Waals surface area contributed by atoms with Crippen molar-refractivity contribution >= 4 is 15.7 Å². The monoisotopic (exact) mass is 374 g/mol. The third-order valence-corrected chi connectivity index (χ3v) is 6.94. The zero-order valence-electron chi connectivity index (χ0n) is 14.6. The van der Waals surface area contributed by atoms with Crippen LogP contribution in [0.25, 0.3) is 0 Å². The number of carbonyl (C=O) groups is 1. The summed E-state index contributed by atoms with van der Waals surface area (Å²) in [6.45, 7) is 3.77. The molecular formula is C18H22N4O3S. The van der Waals surface area contributed by atoms with Gasteiger partial charge in [0, 0.05) is 44.3 Å². The number of rotatable bonds is 3. The molecule has 7 nitrogen and oxygen atoms in total. The summed E-state index contributed by atoms with van der Waals surface area (Å²) in [6, 6.07) is 5.23. The highest BCUT2D eigenvalue weighted by Gasteiger charge is 2.48. The van der Waals surface area contributed by atoms with Crippen molar-refractivity contribution in [2.75, 3.05) is 24.6 Å². The predicted molar refractivity (Wildman–Crippen MR) is 97.4 cm³/mol. The first-order chi connectivity index (χ1) is 12.4. The Labute approximate surface area is 152 Å². The molecule has 0 aliphatic carbocycles. The molecule has 0 bridgehead atoms. The molecule has 4 heterocycles. The second-order valence-electron chi connectivity index (χ2n) is 7.13. The van der Waals surface area contributed by atoms with Gasteiger partial charge in [0.15, 0.2) is 9.84 Å². The normalized spacial score (nSPS) is 25.2. The van der Waals surface area contributed by atoms with Gasteiger partial charge in [-0.2, -0.15) is 0 Å². The minimum absolute atomic E-state index is 0.0376. The van der Waals surface area contributed by atoms with Gasteiger partial charge in [-0.1, -0.05) is 0 Å². The van der Waals surface area contributed by atoms with E-state index in [1.165, 1.54) is 0 Å². The number of nitrogens with one attached hydrogen (secondary N) is 1. The van der Waals surface area contributed by atoms with E-state index in [9.17, 15) is 13.2 Å². The van der Waals surface area contributed by atoms with Crippen molar-refractivity contribution in [3.8, 4) is 0 Å². The smallest absolute Gasteiger partial charge is 0.270 e. The number of H-pyrrole nitrogens is 1. The number of aryl methyl sites for hydroxylation is 1. The molecule has 1 amide bonds. The average Bonchev–Trinajstić information content (AvgIpc) is 3.18. The first kappa shape index (κ1) is 17.2. The van der Waals surface area contributed by atoms with E-state index in [4.69, 9.17) is 0 Å². The molecule has 26 heavy (non-hydrogen) atoms. The highest BCUT2D eigenvalue weighted by molar-refractivity contribution is 7.91. The van der Waals surface area contributed by atoms with Crippen LogP contribution in [0.3, 0.4) is 0 Å². The Morgan fingerprint density at radius 1 is 1.23 bits per heavy atom. The Morgan fingerprint density at radius 3 is 2.65 bits per heavy atom. The molecule has 0 aromatic carbocycles. The number of pyridine rings is 1. The zero-order chi connectivity index (χ0) is 18.3. The number of fused-ring (bicyclic) bond motifs is 1. The highest BCUT2D eigenvalue weighted by Crippen LogP contribution is 2.29. The van der Waals surface area contributed by atoms with E-state index in [2.05, 4.69) is 14.9 Å². The first-order valence-electron chi connectivity index (χ1n) is 8.72. The van der Waals surface area contributed by atoms with E-state index in [0.717, 1.165) is 11.1 Å². The molecule has 138 valence electrons. The molecule has 2 saturated heterocycles. The molecule has 2 aliphatic rings. The van der Waals surface area contributed by atoms with Crippen LogP contribution < -0.4 is 0 Å². The van der Waals surface area contributed by atoms with Gasteiger partial charge in [0.25, 0.3) is 5.91 Å². The molecule has 0 radical (unpaired) electrons. The van der Waals surface area contributed by atoms with Gasteiger partial charge in [0.1, 0.15) is 5.69 Å². The van der Waals surface area contributed by atoms with Gasteiger partial charge >= 0.3 is 0 Å². The average molecular weight is 374 g/mol. The highest BCUT2D eigenvalue weighted by atomic mass is 32.2. The Morgan fingerprint density at radius 2 is 1.96 bits per heavy atom. The molecule has 1 N–H and O–H groups in total. The van der Waals surface area contributed by atoms with Crippen LogP contribution in [0.15, 0.2) is 36.8 Å². The van der Waals surface area contributed by atoms with Crippen LogP contribution in [0.1, 0.15) is 21.6 Å². The van der Waals surface area contributed by atoms with E-state index in [0.29, 0.717) is 25.3 Å². The van der Waals surface area contributed by atoms with Crippen LogP contribution in [0.4, 0.5) is 0 Å². The van der Waals surface area contributed by atoms with Crippen molar-refractivity contribution in [2.45, 2.75) is 25.6 Å². The third kappa shape index (κ3) is 3.26. The minimum Gasteiger partial charge on any atom is -0.357 e. The van der Waals surface area contributed by atoms with Crippen molar-refractivity contribution in [1.29, 1.82) is 0 Å². The topological polar surface area (TPSA) is 86.4 Å². The van der Waals surface area contributed by atoms with Gasteiger partial charge < -0.3 is 9.88 Å². The first-order valence-corrected chi connectivity index (χ1v) is 10.5. The number of nitrogens with zero attached hydrogens (tertiary/aromatic N) is 3. The summed E-state index contributed by atoms with van der Waals surface area (Å²) >= 11 is 0. The number of aromatic amines is 1. The van der Waals surface area contributed by atoms with Crippen LogP contribution in [-0.4, -0.2) is 70.8 Å². The molecule has 2 atom stereocenters. The summed E-state index contributed by atoms with van der Waals surface area (Å²) in [7, 11) is -3.16. The Kier molecular flexibility index (Phi) is 4.32. The maximum absolute atomic E-state index is 12.9. The van der Waals surface area contributed by atoms with Crippen molar-refractivity contribution < 1.29 is 13.2 Å². The third-order valence-electron chi connectivity index (χ3n) is 5.24. The number of carbonyl (C=O) groups excluding carboxylic acids is 1. The second-order valence-corrected chi connectivity index (χ2v) is 9.28. The van der Waals surface area contributed by atoms with Crippen molar-refractivity contribution in [2.24, 2.45) is 0 Å². The Bertz CT molecular complexity index is 910. The molecule has 2 aromatic heterocycles. The molecule has 0 spiro atoms. The molecule has 0 saturated carbocycles. The van der Waals surface area contributed by atoms with Crippen molar-refractivity contribution in [3.05, 3.63) is 53.6 Å². The number of aromatic nitrogens is 2. The van der Waals surface area contributed by atoms with Gasteiger partial charge in [0.05, 0.1) is 17.5 Å². The molecule has 2 fully saturated rings. The summed E-state index contributed by atoms with van der Waals surface area (Å²) in [5.74, 6) is 0.0282. The fourth-order valence-electron chi connectivity index (χ4n) is 3.98. The molecule has 0 unspecified atom stereocenters. The summed E-state index contributed by atoms with van der Waals surface area (Å²) in [6.07, 6.45) is 5.27. The molecule has 2 aromatic rings. The zero-order valence-corrected chi connectivity index (χ0v) is 15.4. The lowest BCUT2D eigenvalue weighted by Gasteiger charge is -2.43. The summed E-state index contributed by atoms with van der Waals surface area (Å²) in [5, 5.41) is 0. The Hall–Kier alpha value is -2.19. The van der Waals surface area contributed by atoms with Gasteiger partial charge in [-0.05, 0) is 36.2 Å². The quantitative estimate of drug-likeness (QED) is 0.860. The minimum atomic E-state index is -3.16. The maximum atomic E-state index is 12.9. The molecule has 8 heteroatoms. The SMILES string of the molecule is Cc1c[nH]c(C(=O)N2CCN(Cc3ccncc3)[C@@H]3CS(=O)(=O)C[C@@H]32)c1. The lowest BCUT2D eigenvalue weighted by molar-refractivity contribution is 0.0302. The lowest BCUT2D eigenvalue weighted by atomic mass is 10.0. The number of sulfone groups is 1. The molecule has 2 aliphatic heterocycles. The van der Waals surface area contributed by atoms with E-state index >= 15 is 0 Å². The Balaban J connectivity index is 1.58. The van der Waals surface area contributed by atoms with E-state index < -0.39 is 9.84 Å². The van der Waals surface area contributed by atoms with Crippen LogP contribution in [-0.2, 0) is 16.4 Å². The summed E-state index contributed by atoms with van der Waals surface area (Å²) < 4.78 is 24.6. The van der Waals surface area contributed by atoms with E-state index in [1.807, 2.05) is 25.1 Å². The van der Waals surface area contributed by atoms with Crippen LogP contribution in [0, 0.1) is 6.92 Å². The fraction of sp³-hybridized carbons (Fsp3) is 0.444. The number of hydrogen-bond acceptors (Lipinski definition) is 5. The lowest BCUT2D eigenvalue weighted by Crippen LogP contribution is -2.60. The van der Waals surface area contributed by atoms with Crippen LogP contribution >= 0.6 is 0 Å². The van der Waals surface area contributed by atoms with E-state index in [-0.39, 0.29) is 29.5 Å². The largest absolute Gasteiger partial charge is 0.357 e. The fourth-order valence-corrected chi connectivity index (χ4v) is 5.99. The van der Waals surface area contributed by atoms with Gasteiger partial charge in [0.2, 0.25) is 0 Å². The predicted octanol–water partition coefficient (Wildman–Crippen LogP) is 0.842. The van der Waals surface area contributed by atoms with Gasteiger partial charge in [-0.3, -0.25) is 14.7 Å². The van der Waals surface area contributed by atoms with Crippen LogP contribution in [0.2, 0.25) is 0 Å². The maximum Gasteiger partial charge on any atom is 0.270 e. The van der Waals surface area contributed by atoms with Gasteiger partial charge in [-0.15, -0.1) is 0 Å². The standard InChI is InChI=1S/C18H22N4O3S/c1-13-8-15(20-9-13)18(23)22-7-6-21(10-14-2-4-19-5-3-14)16-11-26(24,25)12-17(16)22/h2-5,8-9,16-17,20H,6-7,10-12H2,1H3/t16-,17+/m1/s1. The summed E-state index contributed by atoms with van der Waals surface area (Å²) in [4.78, 5) is 23.9. The molecular weight excluding hydrogens is 352 g/mol. The second kappa shape index (κ2) is 6.51. The molecule has 4 rings (SSSR count). The van der Waals surface area contributed by atoms with Crippen molar-refractivity contribution in [1.82, 2.24) is 19.8 Å².